The lowest BCUT2D eigenvalue weighted by Crippen LogP contribution is -2.24. The highest BCUT2D eigenvalue weighted by molar-refractivity contribution is 5.70. The van der Waals surface area contributed by atoms with Crippen molar-refractivity contribution in [1.29, 1.82) is 5.26 Å². The van der Waals surface area contributed by atoms with Crippen LogP contribution in [0.5, 0.6) is 5.75 Å². The molecule has 1 N–H and O–H groups in total. The van der Waals surface area contributed by atoms with Crippen LogP contribution in [0.25, 0.3) is 11.1 Å². The van der Waals surface area contributed by atoms with E-state index in [1.165, 1.54) is 5.56 Å². The lowest BCUT2D eigenvalue weighted by molar-refractivity contribution is 0.103. The molecule has 0 bridgehead atoms. The summed E-state index contributed by atoms with van der Waals surface area (Å²) in [5.41, 5.74) is 3.43. The maximum absolute atomic E-state index is 8.67. The summed E-state index contributed by atoms with van der Waals surface area (Å²) in [5, 5.41) is 12.1. The van der Waals surface area contributed by atoms with Crippen molar-refractivity contribution < 1.29 is 9.47 Å². The van der Waals surface area contributed by atoms with Gasteiger partial charge in [0.1, 0.15) is 11.9 Å². The predicted molar refractivity (Wildman–Crippen MR) is 95.9 cm³/mol. The molecule has 0 aliphatic carbocycles. The largest absolute Gasteiger partial charge is 0.496 e. The molecule has 0 radical (unpaired) electrons. The van der Waals surface area contributed by atoms with Gasteiger partial charge in [-0.05, 0) is 31.0 Å². The van der Waals surface area contributed by atoms with Crippen molar-refractivity contribution in [3.63, 3.8) is 0 Å². The number of hydrogen-bond donors (Lipinski definition) is 1. The number of nitriles is 1. The summed E-state index contributed by atoms with van der Waals surface area (Å²) in [5.74, 6) is 0.875. The summed E-state index contributed by atoms with van der Waals surface area (Å²) in [6.07, 6.45) is -0.359. The fourth-order valence-corrected chi connectivity index (χ4v) is 2.50. The Balaban J connectivity index is 1.95. The first kappa shape index (κ1) is 18.0. The molecule has 0 aliphatic heterocycles. The van der Waals surface area contributed by atoms with Gasteiger partial charge >= 0.3 is 0 Å². The van der Waals surface area contributed by atoms with E-state index in [-0.39, 0.29) is 12.1 Å². The van der Waals surface area contributed by atoms with E-state index in [0.717, 1.165) is 16.9 Å². The summed E-state index contributed by atoms with van der Waals surface area (Å²) in [7, 11) is 1.69. The highest BCUT2D eigenvalue weighted by atomic mass is 16.5. The highest BCUT2D eigenvalue weighted by Crippen LogP contribution is 2.30. The Morgan fingerprint density at radius 2 is 1.79 bits per heavy atom. The van der Waals surface area contributed by atoms with E-state index >= 15 is 0 Å². The van der Waals surface area contributed by atoms with Gasteiger partial charge in [-0.15, -0.1) is 0 Å². The fraction of sp³-hybridized carbons (Fsp3) is 0.350. The summed E-state index contributed by atoms with van der Waals surface area (Å²) in [4.78, 5) is 0. The van der Waals surface area contributed by atoms with Gasteiger partial charge in [-0.1, -0.05) is 42.5 Å². The Bertz CT molecular complexity index is 677. The van der Waals surface area contributed by atoms with E-state index in [1.54, 1.807) is 14.0 Å². The molecule has 24 heavy (non-hydrogen) atoms. The van der Waals surface area contributed by atoms with Crippen molar-refractivity contribution >= 4 is 0 Å². The lowest BCUT2D eigenvalue weighted by Gasteiger charge is -2.16. The third-order valence-electron chi connectivity index (χ3n) is 3.93. The quantitative estimate of drug-likeness (QED) is 0.747. The Morgan fingerprint density at radius 1 is 1.08 bits per heavy atom. The average Bonchev–Trinajstić information content (AvgIpc) is 2.64. The molecule has 4 nitrogen and oxygen atoms in total. The number of methoxy groups -OCH3 is 1. The topological polar surface area (TPSA) is 54.3 Å². The van der Waals surface area contributed by atoms with Crippen LogP contribution in [-0.4, -0.2) is 26.4 Å². The van der Waals surface area contributed by atoms with Gasteiger partial charge in [-0.25, -0.2) is 0 Å². The molecule has 2 atom stereocenters. The number of para-hydroxylation sites is 1. The second-order valence-electron chi connectivity index (χ2n) is 5.64. The molecule has 0 aliphatic rings. The molecule has 0 aromatic heterocycles. The average molecular weight is 324 g/mol. The smallest absolute Gasteiger partial charge is 0.141 e. The molecule has 126 valence electrons. The van der Waals surface area contributed by atoms with Crippen molar-refractivity contribution in [2.75, 3.05) is 20.3 Å². The molecule has 2 unspecified atom stereocenters. The minimum Gasteiger partial charge on any atom is -0.496 e. The van der Waals surface area contributed by atoms with Gasteiger partial charge in [0, 0.05) is 18.2 Å². The van der Waals surface area contributed by atoms with Gasteiger partial charge in [-0.2, -0.15) is 5.26 Å². The number of benzene rings is 2. The standard InChI is InChI=1S/C20H24N2O2/c1-15(14-21)24-13-12-22-16(2)17-8-10-18(11-9-17)19-6-4-5-7-20(19)23-3/h4-11,15-16,22H,12-13H2,1-3H3. The number of nitrogens with one attached hydrogen (secondary N) is 1. The molecule has 0 saturated heterocycles. The zero-order valence-corrected chi connectivity index (χ0v) is 14.5. The number of hydrogen-bond acceptors (Lipinski definition) is 4. The van der Waals surface area contributed by atoms with Gasteiger partial charge in [-0.3, -0.25) is 0 Å². The molecular formula is C20H24N2O2. The minimum absolute atomic E-state index is 0.220. The van der Waals surface area contributed by atoms with Crippen LogP contribution in [-0.2, 0) is 4.74 Å². The van der Waals surface area contributed by atoms with Gasteiger partial charge in [0.15, 0.2) is 0 Å². The molecule has 4 heteroatoms. The fourth-order valence-electron chi connectivity index (χ4n) is 2.50. The highest BCUT2D eigenvalue weighted by Gasteiger charge is 2.08. The van der Waals surface area contributed by atoms with E-state index in [0.29, 0.717) is 13.2 Å². The van der Waals surface area contributed by atoms with Gasteiger partial charge < -0.3 is 14.8 Å². The first-order chi connectivity index (χ1) is 11.7. The molecule has 2 rings (SSSR count). The van der Waals surface area contributed by atoms with Crippen molar-refractivity contribution in [3.05, 3.63) is 54.1 Å². The zero-order valence-electron chi connectivity index (χ0n) is 14.5. The Hall–Kier alpha value is -2.35. The van der Waals surface area contributed by atoms with E-state index in [1.807, 2.05) is 18.2 Å². The SMILES string of the molecule is COc1ccccc1-c1ccc(C(C)NCCOC(C)C#N)cc1. The first-order valence-corrected chi connectivity index (χ1v) is 8.13. The van der Waals surface area contributed by atoms with Gasteiger partial charge in [0.25, 0.3) is 0 Å². The zero-order chi connectivity index (χ0) is 17.4. The second-order valence-corrected chi connectivity index (χ2v) is 5.64. The van der Waals surface area contributed by atoms with Crippen LogP contribution in [0.15, 0.2) is 48.5 Å². The van der Waals surface area contributed by atoms with E-state index in [4.69, 9.17) is 14.7 Å². The van der Waals surface area contributed by atoms with Gasteiger partial charge in [0.05, 0.1) is 19.8 Å². The normalized spacial score (nSPS) is 13.1. The Labute approximate surface area is 144 Å². The third-order valence-corrected chi connectivity index (χ3v) is 3.93. The van der Waals surface area contributed by atoms with E-state index < -0.39 is 0 Å². The van der Waals surface area contributed by atoms with Crippen molar-refractivity contribution in [3.8, 4) is 22.9 Å². The van der Waals surface area contributed by atoms with Crippen LogP contribution >= 0.6 is 0 Å². The van der Waals surface area contributed by atoms with Crippen LogP contribution in [0.2, 0.25) is 0 Å². The molecule has 0 saturated carbocycles. The minimum atomic E-state index is -0.359. The Morgan fingerprint density at radius 3 is 2.46 bits per heavy atom. The van der Waals surface area contributed by atoms with Gasteiger partial charge in [0.2, 0.25) is 0 Å². The third kappa shape index (κ3) is 4.82. The van der Waals surface area contributed by atoms with Crippen LogP contribution in [0.1, 0.15) is 25.5 Å². The maximum Gasteiger partial charge on any atom is 0.141 e. The lowest BCUT2D eigenvalue weighted by atomic mass is 10.0. The van der Waals surface area contributed by atoms with Crippen molar-refractivity contribution in [1.82, 2.24) is 5.32 Å². The summed E-state index contributed by atoms with van der Waals surface area (Å²) in [6, 6.07) is 18.8. The number of ether oxygens (including phenoxy) is 2. The molecule has 0 heterocycles. The van der Waals surface area contributed by atoms with Crippen LogP contribution in [0, 0.1) is 11.3 Å². The van der Waals surface area contributed by atoms with E-state index in [9.17, 15) is 0 Å². The monoisotopic (exact) mass is 324 g/mol. The summed E-state index contributed by atoms with van der Waals surface area (Å²) < 4.78 is 10.8. The predicted octanol–water partition coefficient (Wildman–Crippen LogP) is 3.94. The van der Waals surface area contributed by atoms with Crippen LogP contribution in [0.3, 0.4) is 0 Å². The first-order valence-electron chi connectivity index (χ1n) is 8.13. The molecule has 0 amide bonds. The van der Waals surface area contributed by atoms with Crippen molar-refractivity contribution in [2.24, 2.45) is 0 Å². The summed E-state index contributed by atoms with van der Waals surface area (Å²) in [6.45, 7) is 5.10. The number of rotatable bonds is 8. The Kier molecular flexibility index (Phi) is 6.80. The molecule has 2 aromatic rings. The molecule has 2 aromatic carbocycles. The van der Waals surface area contributed by atoms with Crippen LogP contribution in [0.4, 0.5) is 0 Å². The van der Waals surface area contributed by atoms with Crippen LogP contribution < -0.4 is 10.1 Å². The maximum atomic E-state index is 8.67. The van der Waals surface area contributed by atoms with E-state index in [2.05, 4.69) is 48.6 Å². The molecule has 0 spiro atoms. The number of nitrogens with zero attached hydrogens (tertiary/aromatic N) is 1. The second kappa shape index (κ2) is 9.07. The summed E-state index contributed by atoms with van der Waals surface area (Å²) >= 11 is 0. The molecular weight excluding hydrogens is 300 g/mol. The van der Waals surface area contributed by atoms with Crippen molar-refractivity contribution in [2.45, 2.75) is 26.0 Å². The molecule has 0 fully saturated rings.